The third-order valence-corrected chi connectivity index (χ3v) is 4.16. The molecule has 1 heterocycles. The Bertz CT molecular complexity index is 489. The summed E-state index contributed by atoms with van der Waals surface area (Å²) in [4.78, 5) is 14.5. The van der Waals surface area contributed by atoms with Crippen molar-refractivity contribution in [3.05, 3.63) is 29.8 Å². The van der Waals surface area contributed by atoms with Crippen molar-refractivity contribution >= 4 is 5.91 Å². The Hall–Kier alpha value is -1.55. The summed E-state index contributed by atoms with van der Waals surface area (Å²) in [6, 6.07) is 7.21. The summed E-state index contributed by atoms with van der Waals surface area (Å²) in [5.74, 6) is 0.951. The van der Waals surface area contributed by atoms with Gasteiger partial charge in [0.2, 0.25) is 5.91 Å². The topological polar surface area (TPSA) is 49.8 Å². The van der Waals surface area contributed by atoms with E-state index in [0.29, 0.717) is 19.0 Å². The SMILES string of the molecule is CC1CN(C(=O)C2CC2c2ccc(O)cc2)CC(C)O1. The van der Waals surface area contributed by atoms with E-state index in [4.69, 9.17) is 4.74 Å². The number of ether oxygens (including phenoxy) is 1. The maximum atomic E-state index is 12.5. The number of benzene rings is 1. The number of carbonyl (C=O) groups excluding carboxylic acids is 1. The predicted molar refractivity (Wildman–Crippen MR) is 75.5 cm³/mol. The summed E-state index contributed by atoms with van der Waals surface area (Å²) >= 11 is 0. The zero-order valence-corrected chi connectivity index (χ0v) is 12.0. The molecule has 2 aliphatic rings. The highest BCUT2D eigenvalue weighted by Crippen LogP contribution is 2.48. The third kappa shape index (κ3) is 2.66. The second kappa shape index (κ2) is 5.09. The molecule has 2 fully saturated rings. The highest BCUT2D eigenvalue weighted by atomic mass is 16.5. The number of carbonyl (C=O) groups is 1. The average Bonchev–Trinajstić information content (AvgIpc) is 3.18. The molecule has 1 aliphatic heterocycles. The molecule has 1 aromatic rings. The van der Waals surface area contributed by atoms with Crippen LogP contribution in [0.25, 0.3) is 0 Å². The van der Waals surface area contributed by atoms with Gasteiger partial charge >= 0.3 is 0 Å². The first kappa shape index (κ1) is 13.4. The highest BCUT2D eigenvalue weighted by Gasteiger charge is 2.46. The Kier molecular flexibility index (Phi) is 3.42. The van der Waals surface area contributed by atoms with E-state index in [2.05, 4.69) is 0 Å². The maximum Gasteiger partial charge on any atom is 0.226 e. The van der Waals surface area contributed by atoms with Crippen LogP contribution in [-0.2, 0) is 9.53 Å². The van der Waals surface area contributed by atoms with E-state index < -0.39 is 0 Å². The summed E-state index contributed by atoms with van der Waals surface area (Å²) in [5.41, 5.74) is 1.15. The quantitative estimate of drug-likeness (QED) is 0.899. The van der Waals surface area contributed by atoms with Gasteiger partial charge in [0.05, 0.1) is 12.2 Å². The Balaban J connectivity index is 1.63. The molecule has 4 nitrogen and oxygen atoms in total. The molecule has 108 valence electrons. The fourth-order valence-corrected chi connectivity index (χ4v) is 3.15. The first-order valence-corrected chi connectivity index (χ1v) is 7.27. The normalized spacial score (nSPS) is 33.0. The maximum absolute atomic E-state index is 12.5. The van der Waals surface area contributed by atoms with Crippen LogP contribution in [0.5, 0.6) is 5.75 Å². The zero-order valence-electron chi connectivity index (χ0n) is 12.0. The second-order valence-corrected chi connectivity index (χ2v) is 6.04. The van der Waals surface area contributed by atoms with Crippen LogP contribution < -0.4 is 0 Å². The lowest BCUT2D eigenvalue weighted by Gasteiger charge is -2.35. The van der Waals surface area contributed by atoms with Gasteiger partial charge in [-0.25, -0.2) is 0 Å². The molecule has 3 rings (SSSR count). The molecule has 1 aliphatic carbocycles. The molecule has 1 N–H and O–H groups in total. The zero-order chi connectivity index (χ0) is 14.3. The van der Waals surface area contributed by atoms with Crippen molar-refractivity contribution in [3.63, 3.8) is 0 Å². The van der Waals surface area contributed by atoms with Gasteiger partial charge in [0.1, 0.15) is 5.75 Å². The Morgan fingerprint density at radius 3 is 2.40 bits per heavy atom. The lowest BCUT2D eigenvalue weighted by atomic mass is 10.1. The number of nitrogens with zero attached hydrogens (tertiary/aromatic N) is 1. The highest BCUT2D eigenvalue weighted by molar-refractivity contribution is 5.83. The molecule has 1 aromatic carbocycles. The van der Waals surface area contributed by atoms with Gasteiger partial charge in [0.15, 0.2) is 0 Å². The van der Waals surface area contributed by atoms with Crippen LogP contribution in [0, 0.1) is 5.92 Å². The monoisotopic (exact) mass is 275 g/mol. The van der Waals surface area contributed by atoms with Gasteiger partial charge < -0.3 is 14.7 Å². The van der Waals surface area contributed by atoms with Crippen molar-refractivity contribution in [2.75, 3.05) is 13.1 Å². The van der Waals surface area contributed by atoms with Gasteiger partial charge in [-0.2, -0.15) is 0 Å². The number of hydrogen-bond acceptors (Lipinski definition) is 3. The molecule has 20 heavy (non-hydrogen) atoms. The van der Waals surface area contributed by atoms with Crippen LogP contribution in [0.15, 0.2) is 24.3 Å². The van der Waals surface area contributed by atoms with Crippen molar-refractivity contribution in [1.82, 2.24) is 4.90 Å². The number of hydrogen-bond donors (Lipinski definition) is 1. The summed E-state index contributed by atoms with van der Waals surface area (Å²) in [6.45, 7) is 5.42. The molecule has 4 heteroatoms. The van der Waals surface area contributed by atoms with E-state index >= 15 is 0 Å². The van der Waals surface area contributed by atoms with Crippen molar-refractivity contribution in [1.29, 1.82) is 0 Å². The van der Waals surface area contributed by atoms with Gasteiger partial charge in [0.25, 0.3) is 0 Å². The summed E-state index contributed by atoms with van der Waals surface area (Å²) in [5, 5.41) is 9.31. The molecular weight excluding hydrogens is 254 g/mol. The predicted octanol–water partition coefficient (Wildman–Crippen LogP) is 2.13. The molecule has 4 unspecified atom stereocenters. The first-order valence-electron chi connectivity index (χ1n) is 7.27. The van der Waals surface area contributed by atoms with E-state index in [0.717, 1.165) is 12.0 Å². The minimum atomic E-state index is 0.108. The number of phenols is 1. The molecule has 1 saturated heterocycles. The number of rotatable bonds is 2. The second-order valence-electron chi connectivity index (χ2n) is 6.04. The number of morpholine rings is 1. The molecule has 1 amide bonds. The Morgan fingerprint density at radius 2 is 1.80 bits per heavy atom. The van der Waals surface area contributed by atoms with Crippen molar-refractivity contribution < 1.29 is 14.6 Å². The van der Waals surface area contributed by atoms with Gasteiger partial charge in [-0.1, -0.05) is 12.1 Å². The molecule has 0 aromatic heterocycles. The van der Waals surface area contributed by atoms with E-state index in [1.165, 1.54) is 0 Å². The van der Waals surface area contributed by atoms with Crippen molar-refractivity contribution in [2.45, 2.75) is 38.4 Å². The van der Waals surface area contributed by atoms with Crippen LogP contribution >= 0.6 is 0 Å². The first-order chi connectivity index (χ1) is 9.54. The van der Waals surface area contributed by atoms with Crippen molar-refractivity contribution in [3.8, 4) is 5.75 Å². The number of phenolic OH excluding ortho intramolecular Hbond substituents is 1. The minimum Gasteiger partial charge on any atom is -0.508 e. The van der Waals surface area contributed by atoms with Gasteiger partial charge in [-0.3, -0.25) is 4.79 Å². The smallest absolute Gasteiger partial charge is 0.226 e. The van der Waals surface area contributed by atoms with E-state index in [9.17, 15) is 9.90 Å². The van der Waals surface area contributed by atoms with Crippen molar-refractivity contribution in [2.24, 2.45) is 5.92 Å². The van der Waals surface area contributed by atoms with Crippen LogP contribution in [0.3, 0.4) is 0 Å². The fourth-order valence-electron chi connectivity index (χ4n) is 3.15. The third-order valence-electron chi connectivity index (χ3n) is 4.16. The lowest BCUT2D eigenvalue weighted by molar-refractivity contribution is -0.144. The molecule has 4 atom stereocenters. The van der Waals surface area contributed by atoms with E-state index in [1.54, 1.807) is 12.1 Å². The largest absolute Gasteiger partial charge is 0.508 e. The number of amides is 1. The van der Waals surface area contributed by atoms with Gasteiger partial charge in [-0.05, 0) is 43.9 Å². The summed E-state index contributed by atoms with van der Waals surface area (Å²) in [7, 11) is 0. The average molecular weight is 275 g/mol. The van der Waals surface area contributed by atoms with E-state index in [1.807, 2.05) is 30.9 Å². The summed E-state index contributed by atoms with van der Waals surface area (Å²) < 4.78 is 5.67. The molecule has 1 saturated carbocycles. The number of aromatic hydroxyl groups is 1. The molecule has 0 radical (unpaired) electrons. The molecule has 0 bridgehead atoms. The fraction of sp³-hybridized carbons (Fsp3) is 0.562. The van der Waals surface area contributed by atoms with E-state index in [-0.39, 0.29) is 29.8 Å². The molecular formula is C16H21NO3. The van der Waals surface area contributed by atoms with Gasteiger partial charge in [-0.15, -0.1) is 0 Å². The Labute approximate surface area is 119 Å². The molecule has 0 spiro atoms. The standard InChI is InChI=1S/C16H21NO3/c1-10-8-17(9-11(2)20-10)16(19)15-7-14(15)12-3-5-13(18)6-4-12/h3-6,10-11,14-15,18H,7-9H2,1-2H3. The van der Waals surface area contributed by atoms with Crippen LogP contribution in [0.2, 0.25) is 0 Å². The van der Waals surface area contributed by atoms with Crippen LogP contribution in [-0.4, -0.2) is 41.2 Å². The van der Waals surface area contributed by atoms with Gasteiger partial charge in [0, 0.05) is 19.0 Å². The van der Waals surface area contributed by atoms with Crippen LogP contribution in [0.4, 0.5) is 0 Å². The lowest BCUT2D eigenvalue weighted by Crippen LogP contribution is -2.48. The van der Waals surface area contributed by atoms with Crippen LogP contribution in [0.1, 0.15) is 31.7 Å². The minimum absolute atomic E-state index is 0.108. The Morgan fingerprint density at radius 1 is 1.20 bits per heavy atom. The summed E-state index contributed by atoms with van der Waals surface area (Å²) in [6.07, 6.45) is 1.16.